The molecule has 3 aromatic carbocycles. The van der Waals surface area contributed by atoms with Gasteiger partial charge in [-0.25, -0.2) is 0 Å². The predicted molar refractivity (Wildman–Crippen MR) is 138 cm³/mol. The molecule has 1 unspecified atom stereocenters. The Morgan fingerprint density at radius 1 is 0.765 bits per heavy atom. The number of rotatable bonds is 7. The Kier molecular flexibility index (Phi) is 6.79. The molecule has 3 N–H and O–H groups in total. The molecule has 0 aliphatic carbocycles. The van der Waals surface area contributed by atoms with Gasteiger partial charge in [0.05, 0.1) is 11.3 Å². The highest BCUT2D eigenvalue weighted by Gasteiger charge is 2.31. The van der Waals surface area contributed by atoms with E-state index in [1.54, 1.807) is 0 Å². The summed E-state index contributed by atoms with van der Waals surface area (Å²) in [6.45, 7) is 7.23. The minimum absolute atomic E-state index is 0.00424. The van der Waals surface area contributed by atoms with Crippen LogP contribution in [0.2, 0.25) is 0 Å². The number of nitrogen functional groups attached to an aromatic ring is 1. The van der Waals surface area contributed by atoms with Crippen LogP contribution >= 0.6 is 0 Å². The van der Waals surface area contributed by atoms with Gasteiger partial charge in [0.15, 0.2) is 0 Å². The Morgan fingerprint density at radius 2 is 1.41 bits per heavy atom. The molecule has 2 aliphatic rings. The summed E-state index contributed by atoms with van der Waals surface area (Å²) in [5, 5.41) is 3.22. The highest BCUT2D eigenvalue weighted by atomic mass is 16.2. The normalized spacial score (nSPS) is 19.0. The van der Waals surface area contributed by atoms with Gasteiger partial charge in [-0.05, 0) is 41.8 Å². The fourth-order valence-electron chi connectivity index (χ4n) is 4.94. The van der Waals surface area contributed by atoms with Gasteiger partial charge in [0.1, 0.15) is 6.17 Å². The molecule has 6 nitrogen and oxygen atoms in total. The van der Waals surface area contributed by atoms with Crippen molar-refractivity contribution in [1.82, 2.24) is 15.1 Å². The van der Waals surface area contributed by atoms with Crippen molar-refractivity contribution in [3.05, 3.63) is 95.6 Å². The van der Waals surface area contributed by atoms with E-state index in [0.29, 0.717) is 0 Å². The lowest BCUT2D eigenvalue weighted by Gasteiger charge is -2.41. The minimum Gasteiger partial charge on any atom is -0.399 e. The van der Waals surface area contributed by atoms with Gasteiger partial charge in [-0.3, -0.25) is 9.69 Å². The number of amides is 1. The number of hydrogen-bond acceptors (Lipinski definition) is 5. The average Bonchev–Trinajstić information content (AvgIpc) is 2.89. The SMILES string of the molecule is Nc1ccc(CCN2CCN(CCN3c4ccccc4C(=O)NC3c3ccccc3)CC2)cc1. The summed E-state index contributed by atoms with van der Waals surface area (Å²) < 4.78 is 0. The first kappa shape index (κ1) is 22.4. The van der Waals surface area contributed by atoms with Gasteiger partial charge in [0.2, 0.25) is 0 Å². The molecule has 34 heavy (non-hydrogen) atoms. The monoisotopic (exact) mass is 455 g/mol. The number of nitrogens with one attached hydrogen (secondary N) is 1. The van der Waals surface area contributed by atoms with Crippen LogP contribution in [0.25, 0.3) is 0 Å². The molecule has 5 rings (SSSR count). The Bertz CT molecular complexity index is 1090. The van der Waals surface area contributed by atoms with Crippen LogP contribution in [0.3, 0.4) is 0 Å². The second-order valence-corrected chi connectivity index (χ2v) is 9.17. The molecule has 2 heterocycles. The van der Waals surface area contributed by atoms with E-state index in [1.165, 1.54) is 5.56 Å². The molecule has 2 aliphatic heterocycles. The highest BCUT2D eigenvalue weighted by Crippen LogP contribution is 2.32. The number of hydrogen-bond donors (Lipinski definition) is 2. The van der Waals surface area contributed by atoms with E-state index in [0.717, 1.165) is 74.7 Å². The summed E-state index contributed by atoms with van der Waals surface area (Å²) in [6, 6.07) is 26.4. The number of benzene rings is 3. The Balaban J connectivity index is 1.19. The molecule has 0 aromatic heterocycles. The Morgan fingerprint density at radius 3 is 2.15 bits per heavy atom. The van der Waals surface area contributed by atoms with Gasteiger partial charge in [-0.1, -0.05) is 54.6 Å². The van der Waals surface area contributed by atoms with Crippen molar-refractivity contribution in [2.45, 2.75) is 12.6 Å². The zero-order valence-electron chi connectivity index (χ0n) is 19.6. The van der Waals surface area contributed by atoms with Crippen molar-refractivity contribution < 1.29 is 4.79 Å². The van der Waals surface area contributed by atoms with E-state index in [-0.39, 0.29) is 12.1 Å². The van der Waals surface area contributed by atoms with Crippen molar-refractivity contribution in [2.24, 2.45) is 0 Å². The summed E-state index contributed by atoms with van der Waals surface area (Å²) in [4.78, 5) is 20.2. The number of carbonyl (C=O) groups is 1. The second kappa shape index (κ2) is 10.3. The molecular weight excluding hydrogens is 422 g/mol. The van der Waals surface area contributed by atoms with E-state index >= 15 is 0 Å². The van der Waals surface area contributed by atoms with Crippen LogP contribution < -0.4 is 16.0 Å². The van der Waals surface area contributed by atoms with E-state index in [2.05, 4.69) is 50.3 Å². The number of nitrogens with zero attached hydrogens (tertiary/aromatic N) is 3. The van der Waals surface area contributed by atoms with E-state index in [9.17, 15) is 4.79 Å². The third-order valence-electron chi connectivity index (χ3n) is 6.97. The van der Waals surface area contributed by atoms with Gasteiger partial charge in [-0.15, -0.1) is 0 Å². The molecule has 0 radical (unpaired) electrons. The van der Waals surface area contributed by atoms with Crippen molar-refractivity contribution in [3.63, 3.8) is 0 Å². The number of fused-ring (bicyclic) bond motifs is 1. The van der Waals surface area contributed by atoms with Crippen LogP contribution in [-0.4, -0.2) is 61.5 Å². The fourth-order valence-corrected chi connectivity index (χ4v) is 4.94. The number of piperazine rings is 1. The first-order chi connectivity index (χ1) is 16.7. The lowest BCUT2D eigenvalue weighted by molar-refractivity contribution is 0.0923. The maximum Gasteiger partial charge on any atom is 0.255 e. The molecule has 176 valence electrons. The number of anilines is 2. The summed E-state index contributed by atoms with van der Waals surface area (Å²) in [6.07, 6.45) is 0.910. The van der Waals surface area contributed by atoms with Crippen LogP contribution in [0.15, 0.2) is 78.9 Å². The van der Waals surface area contributed by atoms with Crippen molar-refractivity contribution in [3.8, 4) is 0 Å². The first-order valence-electron chi connectivity index (χ1n) is 12.2. The lowest BCUT2D eigenvalue weighted by Crippen LogP contribution is -2.52. The van der Waals surface area contributed by atoms with Crippen molar-refractivity contribution in [2.75, 3.05) is 56.4 Å². The molecule has 0 saturated carbocycles. The van der Waals surface area contributed by atoms with Crippen LogP contribution in [0.4, 0.5) is 11.4 Å². The molecule has 1 fully saturated rings. The largest absolute Gasteiger partial charge is 0.399 e. The Labute approximate surface area is 202 Å². The number of nitrogens with two attached hydrogens (primary N) is 1. The first-order valence-corrected chi connectivity index (χ1v) is 12.2. The molecule has 0 bridgehead atoms. The predicted octanol–water partition coefficient (Wildman–Crippen LogP) is 3.38. The van der Waals surface area contributed by atoms with E-state index < -0.39 is 0 Å². The van der Waals surface area contributed by atoms with E-state index in [4.69, 9.17) is 5.73 Å². The minimum atomic E-state index is -0.148. The zero-order chi connectivity index (χ0) is 23.3. The van der Waals surface area contributed by atoms with Crippen LogP contribution in [0.1, 0.15) is 27.7 Å². The zero-order valence-corrected chi connectivity index (χ0v) is 19.6. The van der Waals surface area contributed by atoms with Crippen LogP contribution in [-0.2, 0) is 6.42 Å². The molecule has 1 atom stereocenters. The van der Waals surface area contributed by atoms with Gasteiger partial charge in [-0.2, -0.15) is 0 Å². The summed E-state index contributed by atoms with van der Waals surface area (Å²) >= 11 is 0. The maximum atomic E-state index is 12.8. The number of carbonyl (C=O) groups excluding carboxylic acids is 1. The smallest absolute Gasteiger partial charge is 0.255 e. The Hall–Kier alpha value is -3.35. The highest BCUT2D eigenvalue weighted by molar-refractivity contribution is 6.02. The van der Waals surface area contributed by atoms with Crippen LogP contribution in [0.5, 0.6) is 0 Å². The number of para-hydroxylation sites is 1. The van der Waals surface area contributed by atoms with Crippen LogP contribution in [0, 0.1) is 0 Å². The van der Waals surface area contributed by atoms with Crippen molar-refractivity contribution in [1.29, 1.82) is 0 Å². The lowest BCUT2D eigenvalue weighted by atomic mass is 10.0. The van der Waals surface area contributed by atoms with Gasteiger partial charge < -0.3 is 20.9 Å². The molecule has 0 spiro atoms. The summed E-state index contributed by atoms with van der Waals surface area (Å²) in [5.74, 6) is -0.00424. The van der Waals surface area contributed by atoms with Crippen molar-refractivity contribution >= 4 is 17.3 Å². The fraction of sp³-hybridized carbons (Fsp3) is 0.321. The second-order valence-electron chi connectivity index (χ2n) is 9.17. The average molecular weight is 456 g/mol. The summed E-state index contributed by atoms with van der Waals surface area (Å²) in [5.41, 5.74) is 10.8. The third kappa shape index (κ3) is 5.08. The van der Waals surface area contributed by atoms with Gasteiger partial charge in [0, 0.05) is 51.5 Å². The quantitative estimate of drug-likeness (QED) is 0.535. The molecule has 6 heteroatoms. The maximum absolute atomic E-state index is 12.8. The standard InChI is InChI=1S/C28H33N5O/c29-24-12-10-22(11-13-24)14-15-31-16-18-32(19-17-31)20-21-33-26-9-5-4-8-25(26)28(34)30-27(33)23-6-2-1-3-7-23/h1-13,27H,14-21,29H2,(H,30,34). The van der Waals surface area contributed by atoms with Gasteiger partial charge in [0.25, 0.3) is 5.91 Å². The third-order valence-corrected chi connectivity index (χ3v) is 6.97. The molecular formula is C28H33N5O. The summed E-state index contributed by atoms with van der Waals surface area (Å²) in [7, 11) is 0. The van der Waals surface area contributed by atoms with Gasteiger partial charge >= 0.3 is 0 Å². The molecule has 1 saturated heterocycles. The molecule has 1 amide bonds. The topological polar surface area (TPSA) is 64.8 Å². The van der Waals surface area contributed by atoms with E-state index in [1.807, 2.05) is 48.5 Å². The molecule has 3 aromatic rings.